The molecule has 0 spiro atoms. The zero-order chi connectivity index (χ0) is 19.8. The maximum absolute atomic E-state index is 12.3. The van der Waals surface area contributed by atoms with E-state index >= 15 is 0 Å². The van der Waals surface area contributed by atoms with Gasteiger partial charge in [0.15, 0.2) is 11.5 Å². The predicted molar refractivity (Wildman–Crippen MR) is 100 cm³/mol. The third-order valence-corrected chi connectivity index (χ3v) is 3.74. The quantitative estimate of drug-likeness (QED) is 0.393. The molecule has 2 aromatic rings. The lowest BCUT2D eigenvalue weighted by atomic mass is 10.1. The van der Waals surface area contributed by atoms with Crippen molar-refractivity contribution in [2.24, 2.45) is 0 Å². The average Bonchev–Trinajstić information content (AvgIpc) is 2.70. The van der Waals surface area contributed by atoms with Gasteiger partial charge in [-0.05, 0) is 24.3 Å². The van der Waals surface area contributed by atoms with E-state index < -0.39 is 4.92 Å². The van der Waals surface area contributed by atoms with Crippen LogP contribution in [0, 0.1) is 10.1 Å². The Labute approximate surface area is 156 Å². The Hall–Kier alpha value is -3.49. The average molecular weight is 375 g/mol. The Morgan fingerprint density at radius 3 is 2.07 bits per heavy atom. The van der Waals surface area contributed by atoms with E-state index in [2.05, 4.69) is 10.6 Å². The molecular formula is C18H21N3O6. The molecule has 9 heteroatoms. The van der Waals surface area contributed by atoms with Gasteiger partial charge < -0.3 is 24.8 Å². The van der Waals surface area contributed by atoms with Gasteiger partial charge in [0.25, 0.3) is 11.6 Å². The molecule has 0 unspecified atom stereocenters. The number of nitrogens with zero attached hydrogens (tertiary/aromatic N) is 1. The van der Waals surface area contributed by atoms with Crippen molar-refractivity contribution in [2.45, 2.75) is 0 Å². The summed E-state index contributed by atoms with van der Waals surface area (Å²) in [5.41, 5.74) is 1.12. The van der Waals surface area contributed by atoms with E-state index in [4.69, 9.17) is 14.2 Å². The van der Waals surface area contributed by atoms with Gasteiger partial charge in [-0.2, -0.15) is 0 Å². The van der Waals surface area contributed by atoms with Crippen molar-refractivity contribution in [1.29, 1.82) is 0 Å². The van der Waals surface area contributed by atoms with Crippen LogP contribution in [0.25, 0.3) is 0 Å². The molecule has 0 atom stereocenters. The number of hydrogen-bond acceptors (Lipinski definition) is 7. The maximum atomic E-state index is 12.3. The number of methoxy groups -OCH3 is 3. The first-order valence-electron chi connectivity index (χ1n) is 8.06. The number of nitrogens with one attached hydrogen (secondary N) is 2. The number of anilines is 1. The largest absolute Gasteiger partial charge is 0.493 e. The van der Waals surface area contributed by atoms with Crippen LogP contribution in [0.1, 0.15) is 10.4 Å². The van der Waals surface area contributed by atoms with Gasteiger partial charge >= 0.3 is 0 Å². The summed E-state index contributed by atoms with van der Waals surface area (Å²) in [5, 5.41) is 16.5. The summed E-state index contributed by atoms with van der Waals surface area (Å²) in [5.74, 6) is 0.910. The molecule has 0 aromatic heterocycles. The summed E-state index contributed by atoms with van der Waals surface area (Å²) in [6, 6.07) is 9.19. The lowest BCUT2D eigenvalue weighted by Crippen LogP contribution is -2.28. The van der Waals surface area contributed by atoms with E-state index in [0.717, 1.165) is 5.69 Å². The van der Waals surface area contributed by atoms with Crippen molar-refractivity contribution < 1.29 is 23.9 Å². The van der Waals surface area contributed by atoms with Crippen LogP contribution in [0.4, 0.5) is 11.4 Å². The van der Waals surface area contributed by atoms with Crippen molar-refractivity contribution in [1.82, 2.24) is 5.32 Å². The van der Waals surface area contributed by atoms with E-state index in [1.165, 1.54) is 33.5 Å². The molecule has 0 saturated carbocycles. The molecule has 0 fully saturated rings. The van der Waals surface area contributed by atoms with Gasteiger partial charge in [0.05, 0.1) is 26.3 Å². The molecule has 1 amide bonds. The van der Waals surface area contributed by atoms with Gasteiger partial charge in [0, 0.05) is 36.5 Å². The van der Waals surface area contributed by atoms with Crippen LogP contribution < -0.4 is 24.8 Å². The van der Waals surface area contributed by atoms with E-state index in [1.54, 1.807) is 24.3 Å². The zero-order valence-corrected chi connectivity index (χ0v) is 15.3. The van der Waals surface area contributed by atoms with Gasteiger partial charge in [0.2, 0.25) is 5.75 Å². The minimum absolute atomic E-state index is 0.0243. The fraction of sp³-hybridized carbons (Fsp3) is 0.278. The molecule has 0 saturated heterocycles. The molecule has 144 valence electrons. The summed E-state index contributed by atoms with van der Waals surface area (Å²) < 4.78 is 15.7. The molecular weight excluding hydrogens is 354 g/mol. The summed E-state index contributed by atoms with van der Waals surface area (Å²) >= 11 is 0. The van der Waals surface area contributed by atoms with Crippen LogP contribution in [-0.2, 0) is 0 Å². The monoisotopic (exact) mass is 375 g/mol. The maximum Gasteiger partial charge on any atom is 0.269 e. The molecule has 2 aromatic carbocycles. The highest BCUT2D eigenvalue weighted by Crippen LogP contribution is 2.38. The molecule has 0 bridgehead atoms. The Balaban J connectivity index is 1.92. The predicted octanol–water partition coefficient (Wildman–Crippen LogP) is 2.46. The first-order chi connectivity index (χ1) is 13.0. The van der Waals surface area contributed by atoms with E-state index in [0.29, 0.717) is 35.9 Å². The van der Waals surface area contributed by atoms with Crippen LogP contribution in [0.2, 0.25) is 0 Å². The summed E-state index contributed by atoms with van der Waals surface area (Å²) in [6.07, 6.45) is 0. The van der Waals surface area contributed by atoms with Crippen LogP contribution in [0.5, 0.6) is 17.2 Å². The van der Waals surface area contributed by atoms with E-state index in [9.17, 15) is 14.9 Å². The number of carbonyl (C=O) groups is 1. The van der Waals surface area contributed by atoms with Crippen LogP contribution in [0.3, 0.4) is 0 Å². The normalized spacial score (nSPS) is 10.0. The number of carbonyl (C=O) groups excluding carboxylic acids is 1. The Kier molecular flexibility index (Phi) is 6.81. The van der Waals surface area contributed by atoms with Gasteiger partial charge in [-0.1, -0.05) is 0 Å². The van der Waals surface area contributed by atoms with Crippen LogP contribution in [-0.4, -0.2) is 45.2 Å². The second-order valence-electron chi connectivity index (χ2n) is 5.40. The minimum atomic E-state index is -0.457. The first-order valence-corrected chi connectivity index (χ1v) is 8.06. The smallest absolute Gasteiger partial charge is 0.269 e. The molecule has 0 radical (unpaired) electrons. The molecule has 2 N–H and O–H groups in total. The second kappa shape index (κ2) is 9.27. The highest BCUT2D eigenvalue weighted by atomic mass is 16.6. The first kappa shape index (κ1) is 19.8. The van der Waals surface area contributed by atoms with Crippen molar-refractivity contribution in [3.05, 3.63) is 52.1 Å². The third kappa shape index (κ3) is 5.00. The number of non-ortho nitro benzene ring substituents is 1. The SMILES string of the molecule is COc1cc(C(=O)NCCNc2ccc([N+](=O)[O-])cc2)cc(OC)c1OC. The molecule has 2 rings (SSSR count). The van der Waals surface area contributed by atoms with Crippen LogP contribution >= 0.6 is 0 Å². The number of rotatable bonds is 9. The summed E-state index contributed by atoms with van der Waals surface area (Å²) in [7, 11) is 4.45. The summed E-state index contributed by atoms with van der Waals surface area (Å²) in [6.45, 7) is 0.806. The van der Waals surface area contributed by atoms with Crippen molar-refractivity contribution >= 4 is 17.3 Å². The number of nitro benzene ring substituents is 1. The molecule has 0 aliphatic rings. The lowest BCUT2D eigenvalue weighted by molar-refractivity contribution is -0.384. The van der Waals surface area contributed by atoms with Gasteiger partial charge in [0.1, 0.15) is 0 Å². The number of nitro groups is 1. The molecule has 0 heterocycles. The Bertz CT molecular complexity index is 782. The van der Waals surface area contributed by atoms with E-state index in [1.807, 2.05) is 0 Å². The van der Waals surface area contributed by atoms with Crippen molar-refractivity contribution in [3.8, 4) is 17.2 Å². The lowest BCUT2D eigenvalue weighted by Gasteiger charge is -2.14. The Morgan fingerprint density at radius 1 is 1.00 bits per heavy atom. The molecule has 0 aliphatic carbocycles. The highest BCUT2D eigenvalue weighted by Gasteiger charge is 2.16. The fourth-order valence-corrected chi connectivity index (χ4v) is 2.40. The molecule has 0 aliphatic heterocycles. The number of amides is 1. The van der Waals surface area contributed by atoms with Crippen molar-refractivity contribution in [2.75, 3.05) is 39.7 Å². The number of hydrogen-bond donors (Lipinski definition) is 2. The number of ether oxygens (including phenoxy) is 3. The second-order valence-corrected chi connectivity index (χ2v) is 5.40. The minimum Gasteiger partial charge on any atom is -0.493 e. The standard InChI is InChI=1S/C18H21N3O6/c1-25-15-10-12(11-16(26-2)17(15)27-3)18(22)20-9-8-19-13-4-6-14(7-5-13)21(23)24/h4-7,10-11,19H,8-9H2,1-3H3,(H,20,22). The number of benzene rings is 2. The fourth-order valence-electron chi connectivity index (χ4n) is 2.40. The van der Waals surface area contributed by atoms with Gasteiger partial charge in [-0.15, -0.1) is 0 Å². The van der Waals surface area contributed by atoms with Gasteiger partial charge in [-0.3, -0.25) is 14.9 Å². The third-order valence-electron chi connectivity index (χ3n) is 3.74. The Morgan fingerprint density at radius 2 is 1.59 bits per heavy atom. The van der Waals surface area contributed by atoms with Gasteiger partial charge in [-0.25, -0.2) is 0 Å². The molecule has 27 heavy (non-hydrogen) atoms. The van der Waals surface area contributed by atoms with E-state index in [-0.39, 0.29) is 11.6 Å². The topological polar surface area (TPSA) is 112 Å². The van der Waals surface area contributed by atoms with Crippen LogP contribution in [0.15, 0.2) is 36.4 Å². The zero-order valence-electron chi connectivity index (χ0n) is 15.3. The summed E-state index contributed by atoms with van der Waals surface area (Å²) in [4.78, 5) is 22.5. The molecule has 9 nitrogen and oxygen atoms in total. The van der Waals surface area contributed by atoms with Crippen molar-refractivity contribution in [3.63, 3.8) is 0 Å². The highest BCUT2D eigenvalue weighted by molar-refractivity contribution is 5.95.